The molecule has 5 heterocycles. The van der Waals surface area contributed by atoms with Crippen molar-refractivity contribution < 1.29 is 9.53 Å². The van der Waals surface area contributed by atoms with Crippen LogP contribution in [0.25, 0.3) is 0 Å². The van der Waals surface area contributed by atoms with Crippen molar-refractivity contribution in [3.63, 3.8) is 0 Å². The molecule has 6 aliphatic rings. The minimum atomic E-state index is 0.0980. The zero-order chi connectivity index (χ0) is 17.0. The van der Waals surface area contributed by atoms with Gasteiger partial charge in [-0.3, -0.25) is 9.69 Å². The molecule has 0 N–H and O–H groups in total. The topological polar surface area (TPSA) is 32.8 Å². The SMILES string of the molecule is O=C1C[C@@H]2OCC=C3CCN4CC[C@@H]5[C@H]6c7ccccc7N1[C@H]6[C@H]2[C@H]3[C@@H]54. The molecule has 4 fully saturated rings. The van der Waals surface area contributed by atoms with Gasteiger partial charge in [-0.1, -0.05) is 29.8 Å². The highest BCUT2D eigenvalue weighted by molar-refractivity contribution is 5.98. The number of benzene rings is 1. The van der Waals surface area contributed by atoms with E-state index >= 15 is 0 Å². The van der Waals surface area contributed by atoms with Crippen molar-refractivity contribution in [2.45, 2.75) is 43.4 Å². The van der Waals surface area contributed by atoms with Gasteiger partial charge in [0.2, 0.25) is 5.91 Å². The average molecular weight is 348 g/mol. The monoisotopic (exact) mass is 348 g/mol. The highest BCUT2D eigenvalue weighted by Gasteiger charge is 2.65. The molecule has 7 atom stereocenters. The maximum Gasteiger partial charge on any atom is 0.229 e. The summed E-state index contributed by atoms with van der Waals surface area (Å²) in [7, 11) is 0. The van der Waals surface area contributed by atoms with Crippen LogP contribution < -0.4 is 4.90 Å². The second-order valence-corrected chi connectivity index (χ2v) is 9.03. The molecule has 7 rings (SSSR count). The van der Waals surface area contributed by atoms with Crippen LogP contribution in [-0.4, -0.2) is 48.7 Å². The standard InChI is InChI=1S/C22H24N2O2/c25-17-11-16-20-18-12(7-10-26-16)5-8-23-9-6-14(21(18)23)19-13-3-1-2-4-15(13)24(17)22(19)20/h1-4,7,14,16,18-22H,5-6,8-11H2/t14-,16+,18+,19-,20-,21-,22-/m1/s1. The predicted octanol–water partition coefficient (Wildman–Crippen LogP) is 2.55. The lowest BCUT2D eigenvalue weighted by atomic mass is 9.56. The number of carbonyl (C=O) groups excluding carboxylic acids is 1. The van der Waals surface area contributed by atoms with Gasteiger partial charge in [0.25, 0.3) is 0 Å². The number of piperidine rings is 2. The molecule has 1 saturated carbocycles. The zero-order valence-corrected chi connectivity index (χ0v) is 14.9. The largest absolute Gasteiger partial charge is 0.373 e. The van der Waals surface area contributed by atoms with Crippen LogP contribution in [0.3, 0.4) is 0 Å². The maximum absolute atomic E-state index is 13.2. The van der Waals surface area contributed by atoms with E-state index in [1.165, 1.54) is 37.2 Å². The second kappa shape index (κ2) is 4.79. The normalized spacial score (nSPS) is 45.1. The lowest BCUT2D eigenvalue weighted by molar-refractivity contribution is -0.131. The summed E-state index contributed by atoms with van der Waals surface area (Å²) < 4.78 is 6.29. The lowest BCUT2D eigenvalue weighted by Gasteiger charge is -2.56. The Morgan fingerprint density at radius 2 is 2.00 bits per heavy atom. The van der Waals surface area contributed by atoms with Gasteiger partial charge in [0.1, 0.15) is 0 Å². The number of ether oxygens (including phenoxy) is 1. The molecule has 5 aliphatic heterocycles. The summed E-state index contributed by atoms with van der Waals surface area (Å²) in [4.78, 5) is 18.1. The lowest BCUT2D eigenvalue weighted by Crippen LogP contribution is -2.65. The smallest absolute Gasteiger partial charge is 0.229 e. The molecule has 134 valence electrons. The molecule has 1 aliphatic carbocycles. The Morgan fingerprint density at radius 1 is 1.08 bits per heavy atom. The molecule has 1 amide bonds. The Kier molecular flexibility index (Phi) is 2.65. The second-order valence-electron chi connectivity index (χ2n) is 9.03. The first kappa shape index (κ1) is 14.4. The molecule has 26 heavy (non-hydrogen) atoms. The molecule has 0 radical (unpaired) electrons. The van der Waals surface area contributed by atoms with Gasteiger partial charge in [-0.15, -0.1) is 0 Å². The van der Waals surface area contributed by atoms with Crippen molar-refractivity contribution in [3.05, 3.63) is 41.5 Å². The summed E-state index contributed by atoms with van der Waals surface area (Å²) >= 11 is 0. The van der Waals surface area contributed by atoms with Gasteiger partial charge in [-0.05, 0) is 36.9 Å². The first-order valence-corrected chi connectivity index (χ1v) is 10.3. The van der Waals surface area contributed by atoms with Gasteiger partial charge < -0.3 is 9.64 Å². The molecule has 1 aromatic carbocycles. The number of nitrogens with zero attached hydrogens (tertiary/aromatic N) is 2. The van der Waals surface area contributed by atoms with Gasteiger partial charge in [0.05, 0.1) is 25.2 Å². The van der Waals surface area contributed by atoms with Crippen molar-refractivity contribution in [3.8, 4) is 0 Å². The third-order valence-corrected chi connectivity index (χ3v) is 8.32. The van der Waals surface area contributed by atoms with Crippen LogP contribution in [0.5, 0.6) is 0 Å². The minimum Gasteiger partial charge on any atom is -0.373 e. The van der Waals surface area contributed by atoms with E-state index in [1.54, 1.807) is 5.57 Å². The summed E-state index contributed by atoms with van der Waals surface area (Å²) in [5.41, 5.74) is 4.25. The summed E-state index contributed by atoms with van der Waals surface area (Å²) in [6.07, 6.45) is 5.49. The van der Waals surface area contributed by atoms with E-state index in [0.29, 0.717) is 48.8 Å². The molecular weight excluding hydrogens is 324 g/mol. The van der Waals surface area contributed by atoms with E-state index < -0.39 is 0 Å². The zero-order valence-electron chi connectivity index (χ0n) is 14.9. The van der Waals surface area contributed by atoms with Crippen molar-refractivity contribution in [2.75, 3.05) is 24.6 Å². The Balaban J connectivity index is 1.49. The van der Waals surface area contributed by atoms with Gasteiger partial charge in [0.15, 0.2) is 0 Å². The molecule has 4 heteroatoms. The van der Waals surface area contributed by atoms with Gasteiger partial charge >= 0.3 is 0 Å². The molecule has 3 saturated heterocycles. The minimum absolute atomic E-state index is 0.0980. The van der Waals surface area contributed by atoms with E-state index in [0.717, 1.165) is 0 Å². The number of hydrogen-bond acceptors (Lipinski definition) is 3. The van der Waals surface area contributed by atoms with E-state index in [9.17, 15) is 4.79 Å². The van der Waals surface area contributed by atoms with Crippen molar-refractivity contribution >= 4 is 11.6 Å². The number of carbonyl (C=O) groups is 1. The highest BCUT2D eigenvalue weighted by Crippen LogP contribution is 2.62. The first-order chi connectivity index (χ1) is 12.8. The van der Waals surface area contributed by atoms with Crippen LogP contribution in [0.4, 0.5) is 5.69 Å². The molecule has 0 bridgehead atoms. The number of rotatable bonds is 0. The van der Waals surface area contributed by atoms with E-state index in [-0.39, 0.29) is 12.0 Å². The summed E-state index contributed by atoms with van der Waals surface area (Å²) in [5, 5.41) is 0. The average Bonchev–Trinajstić information content (AvgIpc) is 3.17. The Morgan fingerprint density at radius 3 is 2.96 bits per heavy atom. The number of hydrogen-bond donors (Lipinski definition) is 0. The van der Waals surface area contributed by atoms with E-state index in [2.05, 4.69) is 40.1 Å². The van der Waals surface area contributed by atoms with Gasteiger partial charge in [-0.25, -0.2) is 0 Å². The van der Waals surface area contributed by atoms with Crippen LogP contribution in [0, 0.1) is 17.8 Å². The Labute approximate surface area is 153 Å². The van der Waals surface area contributed by atoms with Crippen molar-refractivity contribution in [1.29, 1.82) is 0 Å². The summed E-state index contributed by atoms with van der Waals surface area (Å²) in [6.45, 7) is 3.14. The van der Waals surface area contributed by atoms with Crippen LogP contribution in [0.15, 0.2) is 35.9 Å². The number of amides is 1. The molecule has 4 nitrogen and oxygen atoms in total. The molecule has 0 spiro atoms. The molecule has 1 aromatic rings. The number of para-hydroxylation sites is 1. The third-order valence-electron chi connectivity index (χ3n) is 8.32. The molecule has 0 unspecified atom stereocenters. The van der Waals surface area contributed by atoms with Crippen LogP contribution in [-0.2, 0) is 9.53 Å². The van der Waals surface area contributed by atoms with Crippen molar-refractivity contribution in [2.24, 2.45) is 17.8 Å². The Bertz CT molecular complexity index is 848. The number of anilines is 1. The fourth-order valence-electron chi connectivity index (χ4n) is 7.63. The maximum atomic E-state index is 13.2. The van der Waals surface area contributed by atoms with Gasteiger partial charge in [0, 0.05) is 36.0 Å². The quantitative estimate of drug-likeness (QED) is 0.676. The van der Waals surface area contributed by atoms with Crippen LogP contribution in [0.1, 0.15) is 30.7 Å². The first-order valence-electron chi connectivity index (χ1n) is 10.3. The van der Waals surface area contributed by atoms with E-state index in [1.807, 2.05) is 0 Å². The van der Waals surface area contributed by atoms with Crippen LogP contribution in [0.2, 0.25) is 0 Å². The highest BCUT2D eigenvalue weighted by atomic mass is 16.5. The molecule has 0 aromatic heterocycles. The van der Waals surface area contributed by atoms with E-state index in [4.69, 9.17) is 4.74 Å². The predicted molar refractivity (Wildman–Crippen MR) is 98.0 cm³/mol. The van der Waals surface area contributed by atoms with Gasteiger partial charge in [-0.2, -0.15) is 0 Å². The third kappa shape index (κ3) is 1.54. The van der Waals surface area contributed by atoms with Crippen molar-refractivity contribution in [1.82, 2.24) is 4.90 Å². The Hall–Kier alpha value is -1.65. The number of fused-ring (bicyclic) bond motifs is 4. The fraction of sp³-hybridized carbons (Fsp3) is 0.591. The van der Waals surface area contributed by atoms with Crippen LogP contribution >= 0.6 is 0 Å². The summed E-state index contributed by atoms with van der Waals surface area (Å²) in [5.74, 6) is 2.51. The summed E-state index contributed by atoms with van der Waals surface area (Å²) in [6, 6.07) is 9.69. The molecular formula is C22H24N2O2. The fourth-order valence-corrected chi connectivity index (χ4v) is 7.63.